The van der Waals surface area contributed by atoms with E-state index in [-0.39, 0.29) is 10.8 Å². The molecule has 1 aliphatic heterocycles. The number of hydrogen-bond donors (Lipinski definition) is 0. The number of carbonyl (C=O) groups excluding carboxylic acids is 1. The van der Waals surface area contributed by atoms with E-state index in [9.17, 15) is 13.2 Å². The first kappa shape index (κ1) is 25.6. The summed E-state index contributed by atoms with van der Waals surface area (Å²) in [7, 11) is -1.90. The Hall–Kier alpha value is -2.53. The van der Waals surface area contributed by atoms with Crippen LogP contribution in [0.15, 0.2) is 47.4 Å². The molecule has 10 heteroatoms. The molecule has 1 aromatic heterocycles. The van der Waals surface area contributed by atoms with Gasteiger partial charge in [-0.25, -0.2) is 13.4 Å². The SMILES string of the molecule is CCN(CC)CCN(C(=O)c1ccc(S(=O)(=O)N2CCCC2)cc1)c1nc2ccc(OC)cc2s1. The summed E-state index contributed by atoms with van der Waals surface area (Å²) in [4.78, 5) is 22.5. The van der Waals surface area contributed by atoms with E-state index in [0.717, 1.165) is 41.9 Å². The molecule has 3 aromatic rings. The molecule has 0 saturated carbocycles. The van der Waals surface area contributed by atoms with Crippen LogP contribution in [0.4, 0.5) is 5.13 Å². The molecule has 1 amide bonds. The van der Waals surface area contributed by atoms with Crippen LogP contribution in [0.3, 0.4) is 0 Å². The molecule has 2 aromatic carbocycles. The van der Waals surface area contributed by atoms with E-state index >= 15 is 0 Å². The van der Waals surface area contributed by atoms with Crippen molar-refractivity contribution in [2.75, 3.05) is 51.3 Å². The molecule has 35 heavy (non-hydrogen) atoms. The number of rotatable bonds is 10. The molecule has 0 N–H and O–H groups in total. The van der Waals surface area contributed by atoms with Gasteiger partial charge in [0.05, 0.1) is 22.2 Å². The average molecular weight is 517 g/mol. The second kappa shape index (κ2) is 11.0. The lowest BCUT2D eigenvalue weighted by Crippen LogP contribution is -2.38. The maximum atomic E-state index is 13.6. The van der Waals surface area contributed by atoms with Crippen molar-refractivity contribution in [1.29, 1.82) is 0 Å². The minimum atomic E-state index is -3.53. The van der Waals surface area contributed by atoms with Crippen molar-refractivity contribution in [3.8, 4) is 5.75 Å². The molecule has 2 heterocycles. The summed E-state index contributed by atoms with van der Waals surface area (Å²) in [6.07, 6.45) is 1.76. The minimum absolute atomic E-state index is 0.201. The van der Waals surface area contributed by atoms with Crippen LogP contribution in [0.5, 0.6) is 5.75 Å². The lowest BCUT2D eigenvalue weighted by molar-refractivity contribution is 0.0983. The van der Waals surface area contributed by atoms with Crippen molar-refractivity contribution < 1.29 is 17.9 Å². The lowest BCUT2D eigenvalue weighted by atomic mass is 10.2. The van der Waals surface area contributed by atoms with Gasteiger partial charge in [-0.3, -0.25) is 9.69 Å². The molecule has 0 radical (unpaired) electrons. The highest BCUT2D eigenvalue weighted by atomic mass is 32.2. The molecule has 188 valence electrons. The fourth-order valence-electron chi connectivity index (χ4n) is 4.20. The monoisotopic (exact) mass is 516 g/mol. The van der Waals surface area contributed by atoms with Crippen molar-refractivity contribution in [2.24, 2.45) is 0 Å². The summed E-state index contributed by atoms with van der Waals surface area (Å²) >= 11 is 1.44. The van der Waals surface area contributed by atoms with E-state index in [1.54, 1.807) is 24.1 Å². The number of benzene rings is 2. The second-order valence-electron chi connectivity index (χ2n) is 8.45. The third-order valence-electron chi connectivity index (χ3n) is 6.40. The molecule has 4 rings (SSSR count). The number of methoxy groups -OCH3 is 1. The molecule has 0 aliphatic carbocycles. The number of hydrogen-bond acceptors (Lipinski definition) is 7. The van der Waals surface area contributed by atoms with Crippen LogP contribution in [-0.4, -0.2) is 74.9 Å². The van der Waals surface area contributed by atoms with Gasteiger partial charge in [0.2, 0.25) is 10.0 Å². The maximum absolute atomic E-state index is 13.6. The van der Waals surface area contributed by atoms with Gasteiger partial charge in [0.25, 0.3) is 5.91 Å². The fourth-order valence-corrected chi connectivity index (χ4v) is 6.74. The maximum Gasteiger partial charge on any atom is 0.260 e. The van der Waals surface area contributed by atoms with E-state index in [0.29, 0.717) is 36.9 Å². The number of carbonyl (C=O) groups is 1. The molecule has 0 unspecified atom stereocenters. The Balaban J connectivity index is 1.63. The Morgan fingerprint density at radius 3 is 2.37 bits per heavy atom. The van der Waals surface area contributed by atoms with Gasteiger partial charge in [-0.15, -0.1) is 0 Å². The number of thiazole rings is 1. The molecule has 1 saturated heterocycles. The van der Waals surface area contributed by atoms with Gasteiger partial charge >= 0.3 is 0 Å². The van der Waals surface area contributed by atoms with Gasteiger partial charge in [0, 0.05) is 31.7 Å². The van der Waals surface area contributed by atoms with Crippen molar-refractivity contribution in [1.82, 2.24) is 14.2 Å². The third-order valence-corrected chi connectivity index (χ3v) is 9.35. The standard InChI is InChI=1S/C25H32N4O4S2/c1-4-27(5-2)16-17-29(25-26-22-13-10-20(33-3)18-23(22)34-25)24(30)19-8-11-21(12-9-19)35(31,32)28-14-6-7-15-28/h8-13,18H,4-7,14-17H2,1-3H3. The highest BCUT2D eigenvalue weighted by Crippen LogP contribution is 2.32. The van der Waals surface area contributed by atoms with Gasteiger partial charge in [0.15, 0.2) is 5.13 Å². The number of likely N-dealkylation sites (N-methyl/N-ethyl adjacent to an activating group) is 1. The van der Waals surface area contributed by atoms with Crippen molar-refractivity contribution >= 4 is 42.6 Å². The zero-order valence-electron chi connectivity index (χ0n) is 20.4. The molecule has 0 atom stereocenters. The smallest absolute Gasteiger partial charge is 0.260 e. The van der Waals surface area contributed by atoms with Crippen LogP contribution in [0, 0.1) is 0 Å². The van der Waals surface area contributed by atoms with Crippen molar-refractivity contribution in [3.63, 3.8) is 0 Å². The number of aromatic nitrogens is 1. The summed E-state index contributed by atoms with van der Waals surface area (Å²) in [5.41, 5.74) is 1.24. The van der Waals surface area contributed by atoms with Gasteiger partial charge < -0.3 is 9.64 Å². The predicted molar refractivity (Wildman–Crippen MR) is 140 cm³/mol. The average Bonchev–Trinajstić information content (AvgIpc) is 3.57. The van der Waals surface area contributed by atoms with Gasteiger partial charge in [-0.2, -0.15) is 4.31 Å². The predicted octanol–water partition coefficient (Wildman–Crippen LogP) is 4.08. The Labute approximate surface area is 211 Å². The Kier molecular flexibility index (Phi) is 8.05. The topological polar surface area (TPSA) is 83.1 Å². The number of sulfonamides is 1. The van der Waals surface area contributed by atoms with Crippen LogP contribution in [0.25, 0.3) is 10.2 Å². The Morgan fingerprint density at radius 2 is 1.74 bits per heavy atom. The Morgan fingerprint density at radius 1 is 1.06 bits per heavy atom. The van der Waals surface area contributed by atoms with E-state index in [4.69, 9.17) is 9.72 Å². The summed E-state index contributed by atoms with van der Waals surface area (Å²) in [5.74, 6) is 0.539. The van der Waals surface area contributed by atoms with Crippen LogP contribution in [-0.2, 0) is 10.0 Å². The molecule has 1 fully saturated rings. The van der Waals surface area contributed by atoms with E-state index in [1.807, 2.05) is 18.2 Å². The summed E-state index contributed by atoms with van der Waals surface area (Å²) in [5, 5.41) is 0.610. The number of fused-ring (bicyclic) bond motifs is 1. The summed E-state index contributed by atoms with van der Waals surface area (Å²) < 4.78 is 33.5. The third kappa shape index (κ3) is 5.50. The molecular formula is C25H32N4O4S2. The first-order valence-corrected chi connectivity index (χ1v) is 14.2. The number of nitrogens with zero attached hydrogens (tertiary/aromatic N) is 4. The first-order chi connectivity index (χ1) is 16.9. The fraction of sp³-hybridized carbons (Fsp3) is 0.440. The van der Waals surface area contributed by atoms with E-state index < -0.39 is 10.0 Å². The van der Waals surface area contributed by atoms with Crippen molar-refractivity contribution in [2.45, 2.75) is 31.6 Å². The number of anilines is 1. The first-order valence-electron chi connectivity index (χ1n) is 12.0. The molecule has 0 spiro atoms. The van der Waals surface area contributed by atoms with Crippen LogP contribution >= 0.6 is 11.3 Å². The zero-order chi connectivity index (χ0) is 25.0. The minimum Gasteiger partial charge on any atom is -0.497 e. The van der Waals surface area contributed by atoms with Crippen molar-refractivity contribution in [3.05, 3.63) is 48.0 Å². The highest BCUT2D eigenvalue weighted by Gasteiger charge is 2.28. The Bertz CT molecular complexity index is 1260. The number of amides is 1. The quantitative estimate of drug-likeness (QED) is 0.404. The second-order valence-corrected chi connectivity index (χ2v) is 11.4. The van der Waals surface area contributed by atoms with Gasteiger partial charge in [-0.1, -0.05) is 25.2 Å². The lowest BCUT2D eigenvalue weighted by Gasteiger charge is -2.25. The summed E-state index contributed by atoms with van der Waals surface area (Å²) in [6.45, 7) is 8.25. The summed E-state index contributed by atoms with van der Waals surface area (Å²) in [6, 6.07) is 11.9. The van der Waals surface area contributed by atoms with E-state index in [1.165, 1.54) is 27.8 Å². The number of ether oxygens (including phenoxy) is 1. The zero-order valence-corrected chi connectivity index (χ0v) is 22.1. The van der Waals surface area contributed by atoms with Crippen LogP contribution in [0.1, 0.15) is 37.0 Å². The van der Waals surface area contributed by atoms with Gasteiger partial charge in [0.1, 0.15) is 5.75 Å². The molecule has 1 aliphatic rings. The normalized spacial score (nSPS) is 14.6. The van der Waals surface area contributed by atoms with Crippen LogP contribution < -0.4 is 9.64 Å². The largest absolute Gasteiger partial charge is 0.497 e. The van der Waals surface area contributed by atoms with Crippen LogP contribution in [0.2, 0.25) is 0 Å². The van der Waals surface area contributed by atoms with E-state index in [2.05, 4.69) is 18.7 Å². The molecular weight excluding hydrogens is 484 g/mol. The molecule has 8 nitrogen and oxygen atoms in total. The highest BCUT2D eigenvalue weighted by molar-refractivity contribution is 7.89. The van der Waals surface area contributed by atoms with Gasteiger partial charge in [-0.05, 0) is 68.4 Å². The molecule has 0 bridgehead atoms.